The van der Waals surface area contributed by atoms with Crippen molar-refractivity contribution >= 4 is 17.3 Å². The number of nitrogens with one attached hydrogen (secondary N) is 1. The molecule has 0 radical (unpaired) electrons. The predicted octanol–water partition coefficient (Wildman–Crippen LogP) is 4.46. The number of para-hydroxylation sites is 1. The van der Waals surface area contributed by atoms with Crippen LogP contribution in [0.1, 0.15) is 32.1 Å². The summed E-state index contributed by atoms with van der Waals surface area (Å²) in [5, 5.41) is 4.27. The first-order valence-electron chi connectivity index (χ1n) is 7.13. The van der Waals surface area contributed by atoms with Crippen molar-refractivity contribution < 1.29 is 4.42 Å². The zero-order valence-corrected chi connectivity index (χ0v) is 13.9. The molecular weight excluding hydrogens is 284 g/mol. The Morgan fingerprint density at radius 3 is 2.57 bits per heavy atom. The molecule has 1 N–H and O–H groups in total. The Morgan fingerprint density at radius 2 is 1.95 bits per heavy atom. The predicted molar refractivity (Wildman–Crippen MR) is 88.9 cm³/mol. The lowest BCUT2D eigenvalue weighted by molar-refractivity contribution is 0.424. The highest BCUT2D eigenvalue weighted by atomic mass is 35.5. The van der Waals surface area contributed by atoms with Crippen LogP contribution in [0.2, 0.25) is 5.02 Å². The molecule has 114 valence electrons. The molecule has 1 aromatic carbocycles. The summed E-state index contributed by atoms with van der Waals surface area (Å²) in [6, 6.07) is 9.90. The molecule has 0 atom stereocenters. The summed E-state index contributed by atoms with van der Waals surface area (Å²) in [5.41, 5.74) is 2.30. The number of nitrogens with zero attached hydrogens (tertiary/aromatic N) is 1. The monoisotopic (exact) mass is 306 g/mol. The molecule has 0 aliphatic heterocycles. The molecule has 0 amide bonds. The van der Waals surface area contributed by atoms with Gasteiger partial charge in [-0.2, -0.15) is 0 Å². The number of anilines is 1. The van der Waals surface area contributed by atoms with Crippen LogP contribution in [0.5, 0.6) is 0 Å². The van der Waals surface area contributed by atoms with E-state index in [-0.39, 0.29) is 5.54 Å². The Morgan fingerprint density at radius 1 is 1.19 bits per heavy atom. The van der Waals surface area contributed by atoms with Crippen molar-refractivity contribution in [3.05, 3.63) is 52.9 Å². The summed E-state index contributed by atoms with van der Waals surface area (Å²) >= 11 is 6.41. The van der Waals surface area contributed by atoms with Crippen molar-refractivity contribution in [3.63, 3.8) is 0 Å². The van der Waals surface area contributed by atoms with E-state index in [0.717, 1.165) is 23.0 Å². The second kappa shape index (κ2) is 6.54. The molecular formula is C17H23ClN2O. The van der Waals surface area contributed by atoms with E-state index in [1.54, 1.807) is 6.26 Å². The van der Waals surface area contributed by atoms with Gasteiger partial charge < -0.3 is 14.6 Å². The molecule has 21 heavy (non-hydrogen) atoms. The Balaban J connectivity index is 2.20. The molecule has 2 aromatic rings. The van der Waals surface area contributed by atoms with E-state index < -0.39 is 0 Å². The molecule has 4 heteroatoms. The lowest BCUT2D eigenvalue weighted by atomic mass is 10.1. The number of rotatable bonds is 5. The summed E-state index contributed by atoms with van der Waals surface area (Å²) in [5.74, 6) is 0.923. The highest BCUT2D eigenvalue weighted by Crippen LogP contribution is 2.30. The second-order valence-electron chi connectivity index (χ2n) is 6.29. The van der Waals surface area contributed by atoms with E-state index in [1.807, 2.05) is 31.3 Å². The van der Waals surface area contributed by atoms with Crippen LogP contribution in [0, 0.1) is 0 Å². The van der Waals surface area contributed by atoms with E-state index in [9.17, 15) is 0 Å². The van der Waals surface area contributed by atoms with Crippen molar-refractivity contribution in [1.29, 1.82) is 0 Å². The maximum absolute atomic E-state index is 6.41. The molecule has 0 saturated heterocycles. The van der Waals surface area contributed by atoms with Crippen LogP contribution >= 0.6 is 11.6 Å². The summed E-state index contributed by atoms with van der Waals surface area (Å²) in [4.78, 5) is 2.13. The fraction of sp³-hybridized carbons (Fsp3) is 0.412. The molecule has 1 heterocycles. The zero-order chi connectivity index (χ0) is 15.5. The minimum Gasteiger partial charge on any atom is -0.467 e. The van der Waals surface area contributed by atoms with Gasteiger partial charge in [0.2, 0.25) is 0 Å². The third-order valence-electron chi connectivity index (χ3n) is 3.23. The fourth-order valence-corrected chi connectivity index (χ4v) is 2.54. The van der Waals surface area contributed by atoms with Gasteiger partial charge in [0.25, 0.3) is 0 Å². The van der Waals surface area contributed by atoms with Crippen LogP contribution in [0.4, 0.5) is 5.69 Å². The molecule has 0 aliphatic rings. The zero-order valence-electron chi connectivity index (χ0n) is 13.1. The Labute approximate surface area is 131 Å². The summed E-state index contributed by atoms with van der Waals surface area (Å²) in [7, 11) is 2.03. The first kappa shape index (κ1) is 15.9. The number of hydrogen-bond donors (Lipinski definition) is 1. The number of hydrogen-bond acceptors (Lipinski definition) is 3. The summed E-state index contributed by atoms with van der Waals surface area (Å²) < 4.78 is 5.42. The maximum atomic E-state index is 6.41. The number of benzene rings is 1. The number of furan rings is 1. The lowest BCUT2D eigenvalue weighted by Gasteiger charge is -2.26. The van der Waals surface area contributed by atoms with E-state index >= 15 is 0 Å². The quantitative estimate of drug-likeness (QED) is 0.884. The third-order valence-corrected chi connectivity index (χ3v) is 3.54. The molecule has 1 aromatic heterocycles. The fourth-order valence-electron chi connectivity index (χ4n) is 2.21. The van der Waals surface area contributed by atoms with Crippen LogP contribution < -0.4 is 10.2 Å². The van der Waals surface area contributed by atoms with Crippen LogP contribution in [-0.4, -0.2) is 12.6 Å². The molecule has 0 unspecified atom stereocenters. The standard InChI is InChI=1S/C17H23ClN2O/c1-17(2,3)19-11-13-7-5-9-15(18)16(13)20(4)12-14-8-6-10-21-14/h5-10,19H,11-12H2,1-4H3. The van der Waals surface area contributed by atoms with Gasteiger partial charge in [-0.25, -0.2) is 0 Å². The Hall–Kier alpha value is -1.45. The van der Waals surface area contributed by atoms with Crippen molar-refractivity contribution in [3.8, 4) is 0 Å². The van der Waals surface area contributed by atoms with Crippen molar-refractivity contribution in [2.45, 2.75) is 39.4 Å². The van der Waals surface area contributed by atoms with Gasteiger partial charge in [0.15, 0.2) is 0 Å². The topological polar surface area (TPSA) is 28.4 Å². The molecule has 0 saturated carbocycles. The van der Waals surface area contributed by atoms with Crippen molar-refractivity contribution in [2.75, 3.05) is 11.9 Å². The van der Waals surface area contributed by atoms with E-state index in [2.05, 4.69) is 37.1 Å². The molecule has 3 nitrogen and oxygen atoms in total. The average molecular weight is 307 g/mol. The highest BCUT2D eigenvalue weighted by Gasteiger charge is 2.15. The first-order chi connectivity index (χ1) is 9.87. The van der Waals surface area contributed by atoms with Gasteiger partial charge in [0.05, 0.1) is 23.5 Å². The third kappa shape index (κ3) is 4.51. The van der Waals surface area contributed by atoms with Gasteiger partial charge >= 0.3 is 0 Å². The molecule has 0 aliphatic carbocycles. The van der Waals surface area contributed by atoms with Gasteiger partial charge in [-0.15, -0.1) is 0 Å². The maximum Gasteiger partial charge on any atom is 0.123 e. The van der Waals surface area contributed by atoms with Gasteiger partial charge in [0, 0.05) is 19.1 Å². The number of halogens is 1. The SMILES string of the molecule is CN(Cc1ccco1)c1c(Cl)cccc1CNC(C)(C)C. The largest absolute Gasteiger partial charge is 0.467 e. The second-order valence-corrected chi connectivity index (χ2v) is 6.69. The van der Waals surface area contributed by atoms with Crippen molar-refractivity contribution in [1.82, 2.24) is 5.32 Å². The summed E-state index contributed by atoms with van der Waals surface area (Å²) in [6.45, 7) is 7.94. The van der Waals surface area contributed by atoms with Gasteiger partial charge in [0.1, 0.15) is 5.76 Å². The molecule has 0 spiro atoms. The normalized spacial score (nSPS) is 11.7. The van der Waals surface area contributed by atoms with Gasteiger partial charge in [-0.1, -0.05) is 23.7 Å². The van der Waals surface area contributed by atoms with Crippen LogP contribution in [0.25, 0.3) is 0 Å². The smallest absolute Gasteiger partial charge is 0.123 e. The minimum absolute atomic E-state index is 0.0686. The summed E-state index contributed by atoms with van der Waals surface area (Å²) in [6.07, 6.45) is 1.69. The van der Waals surface area contributed by atoms with E-state index in [1.165, 1.54) is 5.56 Å². The van der Waals surface area contributed by atoms with Gasteiger partial charge in [-0.05, 0) is 44.5 Å². The Kier molecular flexibility index (Phi) is 4.96. The molecule has 0 bridgehead atoms. The van der Waals surface area contributed by atoms with Crippen molar-refractivity contribution in [2.24, 2.45) is 0 Å². The highest BCUT2D eigenvalue weighted by molar-refractivity contribution is 6.33. The average Bonchev–Trinajstić information content (AvgIpc) is 2.88. The minimum atomic E-state index is 0.0686. The van der Waals surface area contributed by atoms with Crippen LogP contribution in [0.15, 0.2) is 41.0 Å². The lowest BCUT2D eigenvalue weighted by Crippen LogP contribution is -2.35. The first-order valence-corrected chi connectivity index (χ1v) is 7.50. The molecule has 2 rings (SSSR count). The van der Waals surface area contributed by atoms with Crippen LogP contribution in [-0.2, 0) is 13.1 Å². The molecule has 0 fully saturated rings. The van der Waals surface area contributed by atoms with E-state index in [4.69, 9.17) is 16.0 Å². The van der Waals surface area contributed by atoms with Crippen LogP contribution in [0.3, 0.4) is 0 Å². The Bertz CT molecular complexity index is 573. The van der Waals surface area contributed by atoms with E-state index in [0.29, 0.717) is 6.54 Å². The van der Waals surface area contributed by atoms with Gasteiger partial charge in [-0.3, -0.25) is 0 Å².